The third-order valence-electron chi connectivity index (χ3n) is 2.75. The number of hydrogen-bond donors (Lipinski definition) is 2. The van der Waals surface area contributed by atoms with Gasteiger partial charge in [0.05, 0.1) is 12.0 Å². The SMILES string of the molecule is C=C(C)C1C(=O)C(O)C(C(=C)C)C1O. The van der Waals surface area contributed by atoms with Gasteiger partial charge in [-0.1, -0.05) is 24.3 Å². The normalized spacial score (nSPS) is 37.3. The molecule has 14 heavy (non-hydrogen) atoms. The first-order valence-electron chi connectivity index (χ1n) is 4.58. The molecule has 3 heteroatoms. The number of carbonyl (C=O) groups is 1. The van der Waals surface area contributed by atoms with Crippen LogP contribution in [-0.2, 0) is 4.79 Å². The van der Waals surface area contributed by atoms with Gasteiger partial charge in [-0.3, -0.25) is 4.79 Å². The Balaban J connectivity index is 3.02. The molecule has 4 unspecified atom stereocenters. The highest BCUT2D eigenvalue weighted by Gasteiger charge is 2.48. The summed E-state index contributed by atoms with van der Waals surface area (Å²) in [5, 5.41) is 19.4. The van der Waals surface area contributed by atoms with Crippen molar-refractivity contribution in [2.24, 2.45) is 11.8 Å². The van der Waals surface area contributed by atoms with E-state index in [0.29, 0.717) is 11.1 Å². The second-order valence-corrected chi connectivity index (χ2v) is 4.03. The number of Topliss-reactive ketones (excluding diaryl/α,β-unsaturated/α-hetero) is 1. The number of rotatable bonds is 2. The van der Waals surface area contributed by atoms with E-state index in [0.717, 1.165) is 0 Å². The molecule has 0 amide bonds. The summed E-state index contributed by atoms with van der Waals surface area (Å²) in [4.78, 5) is 11.6. The lowest BCUT2D eigenvalue weighted by atomic mass is 9.92. The monoisotopic (exact) mass is 196 g/mol. The van der Waals surface area contributed by atoms with Crippen molar-refractivity contribution in [2.75, 3.05) is 0 Å². The summed E-state index contributed by atoms with van der Waals surface area (Å²) >= 11 is 0. The molecule has 1 rings (SSSR count). The average molecular weight is 196 g/mol. The van der Waals surface area contributed by atoms with E-state index in [-0.39, 0.29) is 5.78 Å². The highest BCUT2D eigenvalue weighted by molar-refractivity contribution is 5.91. The highest BCUT2D eigenvalue weighted by Crippen LogP contribution is 2.36. The molecule has 78 valence electrons. The van der Waals surface area contributed by atoms with Crippen molar-refractivity contribution in [1.29, 1.82) is 0 Å². The lowest BCUT2D eigenvalue weighted by molar-refractivity contribution is -0.127. The van der Waals surface area contributed by atoms with Gasteiger partial charge in [0.1, 0.15) is 6.10 Å². The fourth-order valence-electron chi connectivity index (χ4n) is 2.02. The number of carbonyl (C=O) groups excluding carboxylic acids is 1. The molecule has 0 spiro atoms. The standard InChI is InChI=1S/C11H16O3/c1-5(2)7-9(12)8(6(3)4)11(14)10(7)13/h7-10,12-13H,1,3H2,2,4H3. The van der Waals surface area contributed by atoms with Gasteiger partial charge in [-0.25, -0.2) is 0 Å². The van der Waals surface area contributed by atoms with Crippen molar-refractivity contribution in [2.45, 2.75) is 26.1 Å². The Hall–Kier alpha value is -0.930. The second kappa shape index (κ2) is 3.67. The largest absolute Gasteiger partial charge is 0.391 e. The van der Waals surface area contributed by atoms with Crippen LogP contribution in [0, 0.1) is 11.8 Å². The lowest BCUT2D eigenvalue weighted by Crippen LogP contribution is -2.26. The van der Waals surface area contributed by atoms with Gasteiger partial charge in [0.25, 0.3) is 0 Å². The van der Waals surface area contributed by atoms with Crippen LogP contribution >= 0.6 is 0 Å². The Bertz CT molecular complexity index is 293. The predicted molar refractivity (Wildman–Crippen MR) is 53.6 cm³/mol. The van der Waals surface area contributed by atoms with E-state index in [9.17, 15) is 15.0 Å². The smallest absolute Gasteiger partial charge is 0.171 e. The van der Waals surface area contributed by atoms with Crippen molar-refractivity contribution >= 4 is 5.78 Å². The third kappa shape index (κ3) is 1.53. The van der Waals surface area contributed by atoms with Gasteiger partial charge in [-0.15, -0.1) is 0 Å². The van der Waals surface area contributed by atoms with Crippen LogP contribution in [0.3, 0.4) is 0 Å². The Labute approximate surface area is 83.8 Å². The van der Waals surface area contributed by atoms with Crippen molar-refractivity contribution in [3.05, 3.63) is 24.3 Å². The molecule has 0 aromatic heterocycles. The molecule has 4 atom stereocenters. The van der Waals surface area contributed by atoms with Crippen LogP contribution < -0.4 is 0 Å². The van der Waals surface area contributed by atoms with E-state index < -0.39 is 24.0 Å². The average Bonchev–Trinajstić information content (AvgIpc) is 2.23. The van der Waals surface area contributed by atoms with Gasteiger partial charge in [0.15, 0.2) is 5.78 Å². The van der Waals surface area contributed by atoms with Crippen molar-refractivity contribution in [3.8, 4) is 0 Å². The summed E-state index contributed by atoms with van der Waals surface area (Å²) < 4.78 is 0. The first-order valence-corrected chi connectivity index (χ1v) is 4.58. The third-order valence-corrected chi connectivity index (χ3v) is 2.75. The van der Waals surface area contributed by atoms with Crippen LogP contribution in [0.4, 0.5) is 0 Å². The van der Waals surface area contributed by atoms with Gasteiger partial charge in [-0.2, -0.15) is 0 Å². The summed E-state index contributed by atoms with van der Waals surface area (Å²) in [5.74, 6) is -1.55. The van der Waals surface area contributed by atoms with Gasteiger partial charge < -0.3 is 10.2 Å². The van der Waals surface area contributed by atoms with Gasteiger partial charge >= 0.3 is 0 Å². The fraction of sp³-hybridized carbons (Fsp3) is 0.545. The minimum absolute atomic E-state index is 0.349. The molecule has 1 aliphatic rings. The molecule has 0 aromatic carbocycles. The molecule has 0 saturated heterocycles. The molecule has 3 nitrogen and oxygen atoms in total. The molecular formula is C11H16O3. The minimum Gasteiger partial charge on any atom is -0.391 e. The zero-order valence-electron chi connectivity index (χ0n) is 8.53. The van der Waals surface area contributed by atoms with E-state index in [2.05, 4.69) is 13.2 Å². The van der Waals surface area contributed by atoms with Gasteiger partial charge in [-0.05, 0) is 13.8 Å². The summed E-state index contributed by atoms with van der Waals surface area (Å²) in [5.41, 5.74) is 1.22. The quantitative estimate of drug-likeness (QED) is 0.638. The summed E-state index contributed by atoms with van der Waals surface area (Å²) in [6.45, 7) is 10.7. The van der Waals surface area contributed by atoms with E-state index in [1.54, 1.807) is 13.8 Å². The molecule has 1 fully saturated rings. The van der Waals surface area contributed by atoms with Gasteiger partial charge in [0.2, 0.25) is 0 Å². The Morgan fingerprint density at radius 1 is 1.21 bits per heavy atom. The van der Waals surface area contributed by atoms with Gasteiger partial charge in [0, 0.05) is 5.92 Å². The fourth-order valence-corrected chi connectivity index (χ4v) is 2.02. The molecule has 0 radical (unpaired) electrons. The molecule has 1 aliphatic carbocycles. The highest BCUT2D eigenvalue weighted by atomic mass is 16.3. The van der Waals surface area contributed by atoms with Crippen LogP contribution in [0.15, 0.2) is 24.3 Å². The van der Waals surface area contributed by atoms with Crippen LogP contribution in [0.1, 0.15) is 13.8 Å². The topological polar surface area (TPSA) is 57.5 Å². The summed E-state index contributed by atoms with van der Waals surface area (Å²) in [7, 11) is 0. The zero-order chi connectivity index (χ0) is 11.0. The molecule has 0 aliphatic heterocycles. The van der Waals surface area contributed by atoms with Crippen molar-refractivity contribution < 1.29 is 15.0 Å². The molecule has 0 aromatic rings. The van der Waals surface area contributed by atoms with Crippen LogP contribution in [0.25, 0.3) is 0 Å². The summed E-state index contributed by atoms with van der Waals surface area (Å²) in [6.07, 6.45) is -2.02. The van der Waals surface area contributed by atoms with E-state index >= 15 is 0 Å². The molecule has 0 bridgehead atoms. The molecule has 2 N–H and O–H groups in total. The number of aliphatic hydroxyl groups is 2. The van der Waals surface area contributed by atoms with Crippen LogP contribution in [0.5, 0.6) is 0 Å². The second-order valence-electron chi connectivity index (χ2n) is 4.03. The Kier molecular flexibility index (Phi) is 2.92. The van der Waals surface area contributed by atoms with E-state index in [1.165, 1.54) is 0 Å². The van der Waals surface area contributed by atoms with Crippen LogP contribution in [-0.4, -0.2) is 28.2 Å². The number of ketones is 1. The zero-order valence-corrected chi connectivity index (χ0v) is 8.53. The minimum atomic E-state index is -1.14. The molecule has 1 saturated carbocycles. The molecule has 0 heterocycles. The maximum atomic E-state index is 11.6. The van der Waals surface area contributed by atoms with Crippen molar-refractivity contribution in [3.63, 3.8) is 0 Å². The maximum Gasteiger partial charge on any atom is 0.171 e. The number of hydrogen-bond acceptors (Lipinski definition) is 3. The number of aliphatic hydroxyl groups excluding tert-OH is 2. The molecular weight excluding hydrogens is 180 g/mol. The maximum absolute atomic E-state index is 11.6. The Morgan fingerprint density at radius 2 is 1.71 bits per heavy atom. The van der Waals surface area contributed by atoms with Crippen LogP contribution in [0.2, 0.25) is 0 Å². The first-order chi connectivity index (χ1) is 6.37. The first kappa shape index (κ1) is 11.1. The lowest BCUT2D eigenvalue weighted by Gasteiger charge is -2.19. The predicted octanol–water partition coefficient (Wildman–Crippen LogP) is 0.675. The van der Waals surface area contributed by atoms with E-state index in [4.69, 9.17) is 0 Å². The Morgan fingerprint density at radius 3 is 1.93 bits per heavy atom. The summed E-state index contributed by atoms with van der Waals surface area (Å²) in [6, 6.07) is 0. The van der Waals surface area contributed by atoms with E-state index in [1.807, 2.05) is 0 Å². The van der Waals surface area contributed by atoms with Crippen molar-refractivity contribution in [1.82, 2.24) is 0 Å².